The molecule has 0 aliphatic heterocycles. The number of nitrogens with zero attached hydrogens (tertiary/aromatic N) is 1. The average Bonchev–Trinajstić information content (AvgIpc) is 2.74. The average molecular weight is 455 g/mol. The van der Waals surface area contributed by atoms with Crippen LogP contribution in [0, 0.1) is 0 Å². The Balaban J connectivity index is 1.61. The fourth-order valence-corrected chi connectivity index (χ4v) is 2.73. The highest BCUT2D eigenvalue weighted by molar-refractivity contribution is 9.10. The van der Waals surface area contributed by atoms with Crippen LogP contribution in [0.1, 0.15) is 21.5 Å². The van der Waals surface area contributed by atoms with Crippen LogP contribution in [0.15, 0.2) is 76.3 Å². The fourth-order valence-electron chi connectivity index (χ4n) is 2.47. The van der Waals surface area contributed by atoms with Crippen molar-refractivity contribution < 1.29 is 19.4 Å². The zero-order chi connectivity index (χ0) is 20.6. The quantitative estimate of drug-likeness (QED) is 0.406. The van der Waals surface area contributed by atoms with Crippen molar-refractivity contribution >= 4 is 28.1 Å². The summed E-state index contributed by atoms with van der Waals surface area (Å²) in [5.41, 5.74) is 4.62. The predicted octanol–water partition coefficient (Wildman–Crippen LogP) is 4.51. The SMILES string of the molecule is COc1cc(/C=N\NC(=O)c2ccc(O)cc2)ccc1OCc1ccc(Br)cc1. The Bertz CT molecular complexity index is 1000. The highest BCUT2D eigenvalue weighted by Crippen LogP contribution is 2.28. The van der Waals surface area contributed by atoms with E-state index in [9.17, 15) is 9.90 Å². The summed E-state index contributed by atoms with van der Waals surface area (Å²) in [6.45, 7) is 0.416. The third kappa shape index (κ3) is 5.83. The summed E-state index contributed by atoms with van der Waals surface area (Å²) in [4.78, 5) is 12.0. The van der Waals surface area contributed by atoms with E-state index in [0.29, 0.717) is 23.7 Å². The number of rotatable bonds is 7. The van der Waals surface area contributed by atoms with E-state index in [2.05, 4.69) is 26.5 Å². The van der Waals surface area contributed by atoms with Crippen molar-refractivity contribution in [1.82, 2.24) is 5.43 Å². The summed E-state index contributed by atoms with van der Waals surface area (Å²) in [6.07, 6.45) is 1.51. The second-order valence-electron chi connectivity index (χ2n) is 6.07. The number of phenols is 1. The summed E-state index contributed by atoms with van der Waals surface area (Å²) < 4.78 is 12.3. The molecule has 0 heterocycles. The minimum atomic E-state index is -0.373. The van der Waals surface area contributed by atoms with E-state index < -0.39 is 0 Å². The molecule has 0 aliphatic carbocycles. The van der Waals surface area contributed by atoms with Gasteiger partial charge in [-0.05, 0) is 65.7 Å². The van der Waals surface area contributed by atoms with Gasteiger partial charge in [0.15, 0.2) is 11.5 Å². The number of aromatic hydroxyl groups is 1. The van der Waals surface area contributed by atoms with Crippen LogP contribution < -0.4 is 14.9 Å². The van der Waals surface area contributed by atoms with E-state index >= 15 is 0 Å². The Labute approximate surface area is 176 Å². The number of methoxy groups -OCH3 is 1. The molecule has 0 radical (unpaired) electrons. The lowest BCUT2D eigenvalue weighted by atomic mass is 10.2. The Morgan fingerprint density at radius 2 is 1.79 bits per heavy atom. The van der Waals surface area contributed by atoms with Crippen LogP contribution in [0.25, 0.3) is 0 Å². The maximum absolute atomic E-state index is 12.0. The molecule has 3 aromatic carbocycles. The van der Waals surface area contributed by atoms with E-state index in [1.807, 2.05) is 30.3 Å². The van der Waals surface area contributed by atoms with Gasteiger partial charge in [-0.25, -0.2) is 5.43 Å². The van der Waals surface area contributed by atoms with E-state index in [-0.39, 0.29) is 11.7 Å². The Morgan fingerprint density at radius 1 is 1.07 bits per heavy atom. The maximum atomic E-state index is 12.0. The normalized spacial score (nSPS) is 10.7. The lowest BCUT2D eigenvalue weighted by molar-refractivity contribution is 0.0955. The molecule has 0 aromatic heterocycles. The standard InChI is InChI=1S/C22H19BrN2O4/c1-28-21-12-16(13-24-25-22(27)17-5-9-19(26)10-6-17)4-11-20(21)29-14-15-2-7-18(23)8-3-15/h2-13,26H,14H2,1H3,(H,25,27)/b24-13-. The summed E-state index contributed by atoms with van der Waals surface area (Å²) >= 11 is 3.41. The molecular formula is C22H19BrN2O4. The smallest absolute Gasteiger partial charge is 0.271 e. The number of ether oxygens (including phenoxy) is 2. The molecule has 6 nitrogen and oxygen atoms in total. The van der Waals surface area contributed by atoms with Gasteiger partial charge in [0, 0.05) is 10.0 Å². The third-order valence-corrected chi connectivity index (χ3v) is 4.53. The van der Waals surface area contributed by atoms with Crippen LogP contribution in [0.4, 0.5) is 0 Å². The van der Waals surface area contributed by atoms with Gasteiger partial charge in [0.1, 0.15) is 12.4 Å². The number of hydrazone groups is 1. The zero-order valence-corrected chi connectivity index (χ0v) is 17.2. The fraction of sp³-hybridized carbons (Fsp3) is 0.0909. The molecule has 0 bridgehead atoms. The highest BCUT2D eigenvalue weighted by atomic mass is 79.9. The van der Waals surface area contributed by atoms with Crippen LogP contribution in [0.2, 0.25) is 0 Å². The van der Waals surface area contributed by atoms with Crippen molar-refractivity contribution in [2.75, 3.05) is 7.11 Å². The summed E-state index contributed by atoms with van der Waals surface area (Å²) in [5, 5.41) is 13.2. The monoisotopic (exact) mass is 454 g/mol. The van der Waals surface area contributed by atoms with Crippen molar-refractivity contribution in [2.24, 2.45) is 5.10 Å². The van der Waals surface area contributed by atoms with E-state index in [0.717, 1.165) is 15.6 Å². The van der Waals surface area contributed by atoms with Crippen molar-refractivity contribution in [1.29, 1.82) is 0 Å². The lowest BCUT2D eigenvalue weighted by Crippen LogP contribution is -2.17. The molecule has 0 aliphatic rings. The highest BCUT2D eigenvalue weighted by Gasteiger charge is 2.07. The van der Waals surface area contributed by atoms with E-state index in [1.54, 1.807) is 19.2 Å². The number of carbonyl (C=O) groups is 1. The van der Waals surface area contributed by atoms with Crippen molar-refractivity contribution in [3.05, 3.63) is 87.9 Å². The van der Waals surface area contributed by atoms with E-state index in [4.69, 9.17) is 9.47 Å². The second kappa shape index (κ2) is 9.75. The Hall–Kier alpha value is -3.32. The number of hydrogen-bond acceptors (Lipinski definition) is 5. The minimum Gasteiger partial charge on any atom is -0.508 e. The van der Waals surface area contributed by atoms with Gasteiger partial charge in [-0.2, -0.15) is 5.10 Å². The molecule has 1 amide bonds. The van der Waals surface area contributed by atoms with Gasteiger partial charge >= 0.3 is 0 Å². The number of amides is 1. The Kier molecular flexibility index (Phi) is 6.86. The molecule has 148 valence electrons. The molecule has 3 rings (SSSR count). The van der Waals surface area contributed by atoms with Gasteiger partial charge in [0.05, 0.1) is 13.3 Å². The van der Waals surface area contributed by atoms with Gasteiger partial charge in [-0.15, -0.1) is 0 Å². The molecule has 0 unspecified atom stereocenters. The number of carbonyl (C=O) groups excluding carboxylic acids is 1. The van der Waals surface area contributed by atoms with Crippen LogP contribution >= 0.6 is 15.9 Å². The maximum Gasteiger partial charge on any atom is 0.271 e. The predicted molar refractivity (Wildman–Crippen MR) is 115 cm³/mol. The molecule has 0 spiro atoms. The van der Waals surface area contributed by atoms with Gasteiger partial charge in [-0.3, -0.25) is 4.79 Å². The lowest BCUT2D eigenvalue weighted by Gasteiger charge is -2.11. The van der Waals surface area contributed by atoms with Gasteiger partial charge in [0.2, 0.25) is 0 Å². The first kappa shape index (κ1) is 20.4. The number of phenolic OH excluding ortho intramolecular Hbond substituents is 1. The molecule has 0 fully saturated rings. The van der Waals surface area contributed by atoms with Crippen LogP contribution in [-0.4, -0.2) is 24.3 Å². The topological polar surface area (TPSA) is 80.2 Å². The van der Waals surface area contributed by atoms with Crippen molar-refractivity contribution in [2.45, 2.75) is 6.61 Å². The molecular weight excluding hydrogens is 436 g/mol. The molecule has 0 saturated carbocycles. The Morgan fingerprint density at radius 3 is 2.48 bits per heavy atom. The van der Waals surface area contributed by atoms with Gasteiger partial charge < -0.3 is 14.6 Å². The molecule has 2 N–H and O–H groups in total. The van der Waals surface area contributed by atoms with Crippen molar-refractivity contribution in [3.63, 3.8) is 0 Å². The summed E-state index contributed by atoms with van der Waals surface area (Å²) in [5.74, 6) is 0.902. The number of benzene rings is 3. The second-order valence-corrected chi connectivity index (χ2v) is 6.99. The number of nitrogens with one attached hydrogen (secondary N) is 1. The number of hydrogen-bond donors (Lipinski definition) is 2. The molecule has 29 heavy (non-hydrogen) atoms. The first-order valence-electron chi connectivity index (χ1n) is 8.73. The van der Waals surface area contributed by atoms with Crippen LogP contribution in [0.5, 0.6) is 17.2 Å². The summed E-state index contributed by atoms with van der Waals surface area (Å²) in [6, 6.07) is 19.2. The molecule has 0 atom stereocenters. The van der Waals surface area contributed by atoms with Crippen LogP contribution in [-0.2, 0) is 6.61 Å². The van der Waals surface area contributed by atoms with E-state index in [1.165, 1.54) is 30.5 Å². The first-order chi connectivity index (χ1) is 14.0. The number of halogens is 1. The first-order valence-corrected chi connectivity index (χ1v) is 9.52. The van der Waals surface area contributed by atoms with Crippen LogP contribution in [0.3, 0.4) is 0 Å². The zero-order valence-electron chi connectivity index (χ0n) is 15.6. The molecule has 0 saturated heterocycles. The molecule has 7 heteroatoms. The van der Waals surface area contributed by atoms with Gasteiger partial charge in [-0.1, -0.05) is 28.1 Å². The third-order valence-electron chi connectivity index (χ3n) is 4.00. The van der Waals surface area contributed by atoms with Crippen molar-refractivity contribution in [3.8, 4) is 17.2 Å². The van der Waals surface area contributed by atoms with Gasteiger partial charge in [0.25, 0.3) is 5.91 Å². The molecule has 3 aromatic rings. The largest absolute Gasteiger partial charge is 0.508 e. The minimum absolute atomic E-state index is 0.0968. The summed E-state index contributed by atoms with van der Waals surface area (Å²) in [7, 11) is 1.56.